The maximum atomic E-state index is 13.0. The van der Waals surface area contributed by atoms with Gasteiger partial charge in [0.2, 0.25) is 0 Å². The minimum atomic E-state index is -0.775. The third-order valence-electron chi connectivity index (χ3n) is 17.5. The van der Waals surface area contributed by atoms with Crippen LogP contribution in [0.4, 0.5) is 0 Å². The Kier molecular flexibility index (Phi) is 70.5. The first-order valence-corrected chi connectivity index (χ1v) is 37.8. The van der Waals surface area contributed by atoms with Crippen LogP contribution in [0, 0.1) is 0 Å². The van der Waals surface area contributed by atoms with Crippen molar-refractivity contribution in [2.45, 2.75) is 438 Å². The summed E-state index contributed by atoms with van der Waals surface area (Å²) in [5.41, 5.74) is 0. The van der Waals surface area contributed by atoms with E-state index in [0.717, 1.165) is 77.0 Å². The number of carbonyl (C=O) groups excluding carboxylic acids is 3. The largest absolute Gasteiger partial charge is 0.462 e. The van der Waals surface area contributed by atoms with Gasteiger partial charge in [0.05, 0.1) is 0 Å². The first kappa shape index (κ1) is 80.9. The van der Waals surface area contributed by atoms with E-state index in [4.69, 9.17) is 14.2 Å². The van der Waals surface area contributed by atoms with E-state index < -0.39 is 6.10 Å². The van der Waals surface area contributed by atoms with Gasteiger partial charge in [-0.15, -0.1) is 0 Å². The maximum Gasteiger partial charge on any atom is 0.306 e. The van der Waals surface area contributed by atoms with E-state index in [1.165, 1.54) is 315 Å². The van der Waals surface area contributed by atoms with Gasteiger partial charge in [0, 0.05) is 19.3 Å². The summed E-state index contributed by atoms with van der Waals surface area (Å²) < 4.78 is 17.0. The number of ether oxygens (including phenoxy) is 3. The molecule has 1 atom stereocenters. The van der Waals surface area contributed by atoms with Crippen LogP contribution in [0.25, 0.3) is 0 Å². The van der Waals surface area contributed by atoms with E-state index >= 15 is 0 Å². The zero-order valence-corrected chi connectivity index (χ0v) is 56.5. The highest BCUT2D eigenvalue weighted by atomic mass is 16.6. The molecule has 0 aromatic heterocycles. The number of rotatable bonds is 71. The predicted molar refractivity (Wildman–Crippen MR) is 363 cm³/mol. The SMILES string of the molecule is CCCC/C=C\C/C=C\CCCCCCCC(=O)OCC(COC(=O)CCCCCCCCCCCCCCCCCCCCCCCCCCCC)OC(=O)CCCCCCCCCCCCCCCCCCCCCCCCCCC. The van der Waals surface area contributed by atoms with Crippen molar-refractivity contribution in [2.24, 2.45) is 0 Å². The van der Waals surface area contributed by atoms with Gasteiger partial charge in [-0.1, -0.05) is 392 Å². The van der Waals surface area contributed by atoms with E-state index in [-0.39, 0.29) is 31.1 Å². The zero-order valence-electron chi connectivity index (χ0n) is 56.5. The third kappa shape index (κ3) is 70.5. The molecule has 0 fully saturated rings. The molecule has 0 aromatic carbocycles. The molecule has 6 nitrogen and oxygen atoms in total. The summed E-state index contributed by atoms with van der Waals surface area (Å²) in [5.74, 6) is -0.848. The van der Waals surface area contributed by atoms with E-state index in [1.54, 1.807) is 0 Å². The second-order valence-corrected chi connectivity index (χ2v) is 25.9. The Morgan fingerprint density at radius 3 is 0.699 bits per heavy atom. The lowest BCUT2D eigenvalue weighted by molar-refractivity contribution is -0.167. The van der Waals surface area contributed by atoms with Crippen molar-refractivity contribution >= 4 is 17.9 Å². The fourth-order valence-corrected chi connectivity index (χ4v) is 11.8. The van der Waals surface area contributed by atoms with Crippen LogP contribution in [0.5, 0.6) is 0 Å². The summed E-state index contributed by atoms with van der Waals surface area (Å²) in [6.07, 6.45) is 89.5. The average molecular weight is 1170 g/mol. The van der Waals surface area contributed by atoms with Gasteiger partial charge in [0.15, 0.2) is 6.10 Å². The summed E-state index contributed by atoms with van der Waals surface area (Å²) in [7, 11) is 0. The van der Waals surface area contributed by atoms with Crippen LogP contribution >= 0.6 is 0 Å². The summed E-state index contributed by atoms with van der Waals surface area (Å²) >= 11 is 0. The molecule has 0 N–H and O–H groups in total. The maximum absolute atomic E-state index is 13.0. The molecule has 0 aliphatic rings. The Morgan fingerprint density at radius 1 is 0.241 bits per heavy atom. The molecule has 1 unspecified atom stereocenters. The van der Waals surface area contributed by atoms with Crippen molar-refractivity contribution in [1.29, 1.82) is 0 Å². The smallest absolute Gasteiger partial charge is 0.306 e. The van der Waals surface area contributed by atoms with Gasteiger partial charge in [-0.25, -0.2) is 0 Å². The Morgan fingerprint density at radius 2 is 0.446 bits per heavy atom. The van der Waals surface area contributed by atoms with E-state index in [0.29, 0.717) is 19.3 Å². The Bertz CT molecular complexity index is 1340. The Balaban J connectivity index is 4.20. The van der Waals surface area contributed by atoms with Gasteiger partial charge in [0.1, 0.15) is 13.2 Å². The van der Waals surface area contributed by atoms with Crippen molar-refractivity contribution in [3.63, 3.8) is 0 Å². The number of allylic oxidation sites excluding steroid dienone is 4. The van der Waals surface area contributed by atoms with Crippen LogP contribution in [-0.2, 0) is 28.6 Å². The Hall–Kier alpha value is -2.11. The lowest BCUT2D eigenvalue weighted by Gasteiger charge is -2.18. The molecule has 83 heavy (non-hydrogen) atoms. The highest BCUT2D eigenvalue weighted by molar-refractivity contribution is 5.71. The minimum Gasteiger partial charge on any atom is -0.462 e. The van der Waals surface area contributed by atoms with E-state index in [9.17, 15) is 14.4 Å². The molecule has 0 aromatic rings. The third-order valence-corrected chi connectivity index (χ3v) is 17.5. The zero-order chi connectivity index (χ0) is 59.9. The first-order chi connectivity index (χ1) is 41.0. The molecule has 0 rings (SSSR count). The lowest BCUT2D eigenvalue weighted by atomic mass is 10.0. The second kappa shape index (κ2) is 72.4. The predicted octanol–water partition coefficient (Wildman–Crippen LogP) is 26.1. The quantitative estimate of drug-likeness (QED) is 0.0261. The van der Waals surface area contributed by atoms with Crippen molar-refractivity contribution in [3.05, 3.63) is 24.3 Å². The van der Waals surface area contributed by atoms with Crippen molar-refractivity contribution in [2.75, 3.05) is 13.2 Å². The molecule has 490 valence electrons. The van der Waals surface area contributed by atoms with Crippen LogP contribution in [0.3, 0.4) is 0 Å². The molecular formula is C77H146O6. The van der Waals surface area contributed by atoms with E-state index in [2.05, 4.69) is 45.1 Å². The molecular weight excluding hydrogens is 1020 g/mol. The molecule has 0 saturated heterocycles. The molecule has 0 heterocycles. The average Bonchev–Trinajstić information content (AvgIpc) is 3.50. The molecule has 0 radical (unpaired) electrons. The fraction of sp³-hybridized carbons (Fsp3) is 0.909. The van der Waals surface area contributed by atoms with Gasteiger partial charge in [-0.2, -0.15) is 0 Å². The highest BCUT2D eigenvalue weighted by Gasteiger charge is 2.20. The topological polar surface area (TPSA) is 78.9 Å². The van der Waals surface area contributed by atoms with Crippen molar-refractivity contribution in [3.8, 4) is 0 Å². The second-order valence-electron chi connectivity index (χ2n) is 25.9. The van der Waals surface area contributed by atoms with Crippen molar-refractivity contribution in [1.82, 2.24) is 0 Å². The normalized spacial score (nSPS) is 12.1. The van der Waals surface area contributed by atoms with E-state index in [1.807, 2.05) is 0 Å². The molecule has 0 saturated carbocycles. The monoisotopic (exact) mass is 1170 g/mol. The number of unbranched alkanes of at least 4 members (excludes halogenated alkanes) is 56. The Labute approximate surface area is 519 Å². The van der Waals surface area contributed by atoms with Crippen LogP contribution in [0.15, 0.2) is 24.3 Å². The highest BCUT2D eigenvalue weighted by Crippen LogP contribution is 2.20. The fourth-order valence-electron chi connectivity index (χ4n) is 11.8. The summed E-state index contributed by atoms with van der Waals surface area (Å²) in [5, 5.41) is 0. The van der Waals surface area contributed by atoms with Gasteiger partial charge in [-0.05, 0) is 44.9 Å². The standard InChI is InChI=1S/C77H146O6/c1-4-7-10-13-16-19-22-25-28-30-32-34-36-38-40-41-43-45-47-49-52-55-58-61-64-67-70-76(79)82-73-74(72-81-75(78)69-66-63-60-57-54-51-27-24-21-18-15-12-9-6-3)83-77(80)71-68-65-62-59-56-53-50-48-46-44-42-39-37-35-33-31-29-26-23-20-17-14-11-8-5-2/h15,18,24,27,74H,4-14,16-17,19-23,25-26,28-73H2,1-3H3/b18-15-,27-24-. The van der Waals surface area contributed by atoms with Crippen LogP contribution in [0.1, 0.15) is 432 Å². The van der Waals surface area contributed by atoms with Gasteiger partial charge in [-0.3, -0.25) is 14.4 Å². The molecule has 0 spiro atoms. The molecule has 0 aliphatic carbocycles. The van der Waals surface area contributed by atoms with Crippen LogP contribution in [-0.4, -0.2) is 37.2 Å². The van der Waals surface area contributed by atoms with Crippen LogP contribution in [0.2, 0.25) is 0 Å². The first-order valence-electron chi connectivity index (χ1n) is 37.8. The summed E-state index contributed by atoms with van der Waals surface area (Å²) in [4.78, 5) is 38.5. The van der Waals surface area contributed by atoms with Gasteiger partial charge < -0.3 is 14.2 Å². The van der Waals surface area contributed by atoms with Crippen LogP contribution < -0.4 is 0 Å². The molecule has 0 amide bonds. The minimum absolute atomic E-state index is 0.0691. The number of hydrogen-bond donors (Lipinski definition) is 0. The molecule has 6 heteroatoms. The van der Waals surface area contributed by atoms with Gasteiger partial charge >= 0.3 is 17.9 Å². The summed E-state index contributed by atoms with van der Waals surface area (Å²) in [6.45, 7) is 6.69. The molecule has 0 aliphatic heterocycles. The molecule has 0 bridgehead atoms. The summed E-state index contributed by atoms with van der Waals surface area (Å²) in [6, 6.07) is 0. The lowest BCUT2D eigenvalue weighted by Crippen LogP contribution is -2.30. The number of carbonyl (C=O) groups is 3. The van der Waals surface area contributed by atoms with Crippen molar-refractivity contribution < 1.29 is 28.6 Å². The number of hydrogen-bond acceptors (Lipinski definition) is 6. The van der Waals surface area contributed by atoms with Gasteiger partial charge in [0.25, 0.3) is 0 Å². The number of esters is 3.